The molecule has 1 aromatic carbocycles. The van der Waals surface area contributed by atoms with Gasteiger partial charge in [0.05, 0.1) is 12.7 Å². The summed E-state index contributed by atoms with van der Waals surface area (Å²) in [5.41, 5.74) is 0.753. The number of hydrogen-bond donors (Lipinski definition) is 0. The number of aryl methyl sites for hydroxylation is 1. The first kappa shape index (κ1) is 12.6. The highest BCUT2D eigenvalue weighted by atomic mass is 19.1. The zero-order valence-electron chi connectivity index (χ0n) is 8.93. The van der Waals surface area contributed by atoms with Crippen LogP contribution in [0.15, 0.2) is 18.2 Å². The molecule has 0 aliphatic carbocycles. The zero-order valence-corrected chi connectivity index (χ0v) is 8.93. The lowest BCUT2D eigenvalue weighted by Gasteiger charge is -2.00. The maximum Gasteiger partial charge on any atom is 0.340 e. The van der Waals surface area contributed by atoms with Crippen molar-refractivity contribution in [2.75, 3.05) is 7.11 Å². The second-order valence-corrected chi connectivity index (χ2v) is 2.47. The van der Waals surface area contributed by atoms with Gasteiger partial charge >= 0.3 is 5.97 Å². The summed E-state index contributed by atoms with van der Waals surface area (Å²) >= 11 is 0. The second kappa shape index (κ2) is 6.13. The van der Waals surface area contributed by atoms with Crippen molar-refractivity contribution in [3.8, 4) is 0 Å². The van der Waals surface area contributed by atoms with E-state index in [4.69, 9.17) is 0 Å². The van der Waals surface area contributed by atoms with Gasteiger partial charge in [0.15, 0.2) is 0 Å². The van der Waals surface area contributed by atoms with E-state index in [1.165, 1.54) is 19.2 Å². The van der Waals surface area contributed by atoms with Crippen LogP contribution in [0.5, 0.6) is 0 Å². The van der Waals surface area contributed by atoms with E-state index >= 15 is 0 Å². The highest BCUT2D eigenvalue weighted by molar-refractivity contribution is 5.89. The summed E-state index contributed by atoms with van der Waals surface area (Å²) in [5.74, 6) is -1.19. The fraction of sp³-hybridized carbons (Fsp3) is 0.364. The molecule has 2 nitrogen and oxygen atoms in total. The lowest BCUT2D eigenvalue weighted by Crippen LogP contribution is -2.04. The van der Waals surface area contributed by atoms with Crippen LogP contribution in [0.4, 0.5) is 4.39 Å². The molecule has 0 saturated heterocycles. The van der Waals surface area contributed by atoms with Crippen LogP contribution in [0.2, 0.25) is 0 Å². The van der Waals surface area contributed by atoms with Crippen LogP contribution in [0.25, 0.3) is 0 Å². The number of esters is 1. The van der Waals surface area contributed by atoms with Crippen LogP contribution in [-0.2, 0) is 4.74 Å². The molecule has 0 spiro atoms. The van der Waals surface area contributed by atoms with Crippen molar-refractivity contribution in [1.29, 1.82) is 0 Å². The molecule has 0 saturated carbocycles. The fourth-order valence-corrected chi connectivity index (χ4v) is 0.896. The van der Waals surface area contributed by atoms with Crippen molar-refractivity contribution in [2.24, 2.45) is 0 Å². The molecule has 0 heterocycles. The molecular formula is C11H15FO2. The van der Waals surface area contributed by atoms with E-state index in [0.717, 1.165) is 5.56 Å². The molecule has 0 aliphatic heterocycles. The first-order chi connectivity index (χ1) is 6.65. The van der Waals surface area contributed by atoms with Crippen molar-refractivity contribution in [2.45, 2.75) is 20.8 Å². The van der Waals surface area contributed by atoms with Gasteiger partial charge in [-0.05, 0) is 24.6 Å². The molecular weight excluding hydrogens is 183 g/mol. The van der Waals surface area contributed by atoms with Gasteiger partial charge in [-0.15, -0.1) is 0 Å². The molecule has 14 heavy (non-hydrogen) atoms. The van der Waals surface area contributed by atoms with Crippen molar-refractivity contribution in [3.05, 3.63) is 35.1 Å². The van der Waals surface area contributed by atoms with Crippen LogP contribution in [0.3, 0.4) is 0 Å². The number of carbonyl (C=O) groups is 1. The zero-order chi connectivity index (χ0) is 11.1. The van der Waals surface area contributed by atoms with E-state index in [0.29, 0.717) is 0 Å². The SMILES string of the molecule is CC.COC(=O)c1ccc(C)cc1F. The Morgan fingerprint density at radius 2 is 1.93 bits per heavy atom. The minimum Gasteiger partial charge on any atom is -0.465 e. The van der Waals surface area contributed by atoms with Gasteiger partial charge in [-0.3, -0.25) is 0 Å². The van der Waals surface area contributed by atoms with E-state index < -0.39 is 11.8 Å². The fourth-order valence-electron chi connectivity index (χ4n) is 0.896. The van der Waals surface area contributed by atoms with Crippen molar-refractivity contribution in [3.63, 3.8) is 0 Å². The van der Waals surface area contributed by atoms with E-state index in [9.17, 15) is 9.18 Å². The normalized spacial score (nSPS) is 8.64. The number of ether oxygens (including phenoxy) is 1. The minimum atomic E-state index is -0.646. The van der Waals surface area contributed by atoms with Gasteiger partial charge in [-0.2, -0.15) is 0 Å². The van der Waals surface area contributed by atoms with Crippen LogP contribution in [0.1, 0.15) is 29.8 Å². The molecule has 0 fully saturated rings. The standard InChI is InChI=1S/C9H9FO2.C2H6/c1-6-3-4-7(8(10)5-6)9(11)12-2;1-2/h3-5H,1-2H3;1-2H3. The Bertz CT molecular complexity index is 308. The Balaban J connectivity index is 0.000000791. The summed E-state index contributed by atoms with van der Waals surface area (Å²) in [6.45, 7) is 5.75. The van der Waals surface area contributed by atoms with Gasteiger partial charge < -0.3 is 4.74 Å². The van der Waals surface area contributed by atoms with Gasteiger partial charge in [0, 0.05) is 0 Å². The largest absolute Gasteiger partial charge is 0.465 e. The molecule has 0 bridgehead atoms. The molecule has 0 unspecified atom stereocenters. The first-order valence-electron chi connectivity index (χ1n) is 4.49. The van der Waals surface area contributed by atoms with Gasteiger partial charge in [-0.25, -0.2) is 9.18 Å². The number of halogens is 1. The topological polar surface area (TPSA) is 26.3 Å². The van der Waals surface area contributed by atoms with Crippen molar-refractivity contribution in [1.82, 2.24) is 0 Å². The highest BCUT2D eigenvalue weighted by Crippen LogP contribution is 2.10. The predicted molar refractivity (Wildman–Crippen MR) is 53.8 cm³/mol. The monoisotopic (exact) mass is 198 g/mol. The predicted octanol–water partition coefficient (Wildman–Crippen LogP) is 2.95. The molecule has 0 N–H and O–H groups in total. The summed E-state index contributed by atoms with van der Waals surface area (Å²) in [6.07, 6.45) is 0. The molecule has 0 amide bonds. The number of hydrogen-bond acceptors (Lipinski definition) is 2. The van der Waals surface area contributed by atoms with Crippen molar-refractivity contribution < 1.29 is 13.9 Å². The lowest BCUT2D eigenvalue weighted by atomic mass is 10.1. The Hall–Kier alpha value is -1.38. The van der Waals surface area contributed by atoms with E-state index in [1.54, 1.807) is 13.0 Å². The van der Waals surface area contributed by atoms with E-state index in [2.05, 4.69) is 4.74 Å². The maximum atomic E-state index is 13.0. The smallest absolute Gasteiger partial charge is 0.340 e. The van der Waals surface area contributed by atoms with Crippen LogP contribution >= 0.6 is 0 Å². The van der Waals surface area contributed by atoms with E-state index in [1.807, 2.05) is 13.8 Å². The first-order valence-corrected chi connectivity index (χ1v) is 4.49. The molecule has 1 aromatic rings. The summed E-state index contributed by atoms with van der Waals surface area (Å²) in [5, 5.41) is 0. The summed E-state index contributed by atoms with van der Waals surface area (Å²) < 4.78 is 17.4. The highest BCUT2D eigenvalue weighted by Gasteiger charge is 2.10. The van der Waals surface area contributed by atoms with Crippen LogP contribution in [-0.4, -0.2) is 13.1 Å². The third-order valence-electron chi connectivity index (χ3n) is 1.53. The summed E-state index contributed by atoms with van der Waals surface area (Å²) in [4.78, 5) is 10.9. The Kier molecular flexibility index (Phi) is 5.53. The Morgan fingerprint density at radius 3 is 2.36 bits per heavy atom. The molecule has 78 valence electrons. The quantitative estimate of drug-likeness (QED) is 0.648. The minimum absolute atomic E-state index is 0.0249. The average molecular weight is 198 g/mol. The number of carbonyl (C=O) groups excluding carboxylic acids is 1. The van der Waals surface area contributed by atoms with E-state index in [-0.39, 0.29) is 5.56 Å². The number of methoxy groups -OCH3 is 1. The average Bonchev–Trinajstić information content (AvgIpc) is 2.20. The molecule has 3 heteroatoms. The third-order valence-corrected chi connectivity index (χ3v) is 1.53. The van der Waals surface area contributed by atoms with Crippen molar-refractivity contribution >= 4 is 5.97 Å². The number of rotatable bonds is 1. The molecule has 0 aromatic heterocycles. The van der Waals surface area contributed by atoms with Gasteiger partial charge in [-0.1, -0.05) is 19.9 Å². The Labute approximate surface area is 83.7 Å². The van der Waals surface area contributed by atoms with Gasteiger partial charge in [0.25, 0.3) is 0 Å². The molecule has 1 rings (SSSR count). The van der Waals surface area contributed by atoms with Crippen LogP contribution < -0.4 is 0 Å². The summed E-state index contributed by atoms with van der Waals surface area (Å²) in [7, 11) is 1.22. The number of benzene rings is 1. The molecule has 0 radical (unpaired) electrons. The molecule has 0 atom stereocenters. The second-order valence-electron chi connectivity index (χ2n) is 2.47. The third kappa shape index (κ3) is 3.17. The van der Waals surface area contributed by atoms with Gasteiger partial charge in [0.2, 0.25) is 0 Å². The Morgan fingerprint density at radius 1 is 1.36 bits per heavy atom. The lowest BCUT2D eigenvalue weighted by molar-refractivity contribution is 0.0595. The van der Waals surface area contributed by atoms with Gasteiger partial charge in [0.1, 0.15) is 5.82 Å². The molecule has 0 aliphatic rings. The summed E-state index contributed by atoms with van der Waals surface area (Å²) in [6, 6.07) is 4.37. The van der Waals surface area contributed by atoms with Crippen LogP contribution in [0, 0.1) is 12.7 Å². The maximum absolute atomic E-state index is 13.0.